The van der Waals surface area contributed by atoms with E-state index in [0.29, 0.717) is 16.7 Å². The van der Waals surface area contributed by atoms with Crippen LogP contribution in [0.25, 0.3) is 62.7 Å². The highest BCUT2D eigenvalue weighted by Gasteiger charge is 2.36. The Morgan fingerprint density at radius 2 is 0.900 bits per heavy atom. The van der Waals surface area contributed by atoms with E-state index in [2.05, 4.69) is 60.2 Å². The van der Waals surface area contributed by atoms with Crippen molar-refractivity contribution in [3.8, 4) is 0 Å². The zero-order chi connectivity index (χ0) is 22.6. The Morgan fingerprint density at radius 1 is 0.567 bits per heavy atom. The highest BCUT2D eigenvalue weighted by molar-refractivity contribution is 5.54. The Bertz CT molecular complexity index is 1030. The van der Waals surface area contributed by atoms with Gasteiger partial charge in [-0.15, -0.1) is 0 Å². The van der Waals surface area contributed by atoms with Crippen LogP contribution in [0, 0.1) is 13.8 Å². The molecule has 0 bridgehead atoms. The lowest BCUT2D eigenvalue weighted by Crippen LogP contribution is -2.23. The lowest BCUT2D eigenvalue weighted by Gasteiger charge is -2.29. The van der Waals surface area contributed by atoms with Crippen LogP contribution in [-0.2, 0) is 25.4 Å². The van der Waals surface area contributed by atoms with Crippen LogP contribution in [0.3, 0.4) is 0 Å². The molecule has 18 nitrogen and oxygen atoms in total. The quantitative estimate of drug-likeness (QED) is 0.219. The van der Waals surface area contributed by atoms with Crippen molar-refractivity contribution in [3.05, 3.63) is 96.0 Å². The molecule has 0 saturated heterocycles. The van der Waals surface area contributed by atoms with E-state index in [1.165, 1.54) is 0 Å². The van der Waals surface area contributed by atoms with Crippen molar-refractivity contribution in [1.82, 2.24) is 0 Å². The molecule has 150 valence electrons. The van der Waals surface area contributed by atoms with Crippen LogP contribution in [0.4, 0.5) is 0 Å². The molecule has 0 aliphatic carbocycles. The van der Waals surface area contributed by atoms with Crippen molar-refractivity contribution in [2.75, 3.05) is 0 Å². The summed E-state index contributed by atoms with van der Waals surface area (Å²) in [4.78, 5) is 16.0. The molecule has 0 N–H and O–H groups in total. The first kappa shape index (κ1) is 23.1. The third-order valence-corrected chi connectivity index (χ3v) is 4.18. The smallest absolute Gasteiger partial charge is 0.0893 e. The number of benzene rings is 1. The molecule has 0 radical (unpaired) electrons. The standard InChI is InChI=1S/C12H12N18/c1-6-8(3-19-25-13)7(2)10(5-21-27-15)11(9(6)4-20-26-14)12(22-28-16,23-29-17)24-30-18/h3-5H2,1-2H3. The van der Waals surface area contributed by atoms with Crippen molar-refractivity contribution < 1.29 is 0 Å². The topological polar surface area (TPSA) is 293 Å². The number of rotatable bonds is 10. The number of hydrogen-bond donors (Lipinski definition) is 0. The first-order valence-corrected chi connectivity index (χ1v) is 7.83. The van der Waals surface area contributed by atoms with Gasteiger partial charge in [0.15, 0.2) is 0 Å². The van der Waals surface area contributed by atoms with Crippen molar-refractivity contribution in [2.24, 2.45) is 30.7 Å². The molecule has 0 fully saturated rings. The van der Waals surface area contributed by atoms with Crippen LogP contribution in [0.1, 0.15) is 33.4 Å². The molecule has 18 heteroatoms. The molecular weight excluding hydrogens is 396 g/mol. The fourth-order valence-electron chi connectivity index (χ4n) is 2.94. The van der Waals surface area contributed by atoms with Gasteiger partial charge in [-0.2, -0.15) is 0 Å². The summed E-state index contributed by atoms with van der Waals surface area (Å²) in [5.41, 5.74) is 55.0. The highest BCUT2D eigenvalue weighted by Crippen LogP contribution is 2.41. The summed E-state index contributed by atoms with van der Waals surface area (Å²) in [5, 5.41) is 20.7. The van der Waals surface area contributed by atoms with Crippen LogP contribution in [0.5, 0.6) is 0 Å². The molecule has 0 atom stereocenters. The van der Waals surface area contributed by atoms with E-state index in [0.717, 1.165) is 0 Å². The van der Waals surface area contributed by atoms with Crippen molar-refractivity contribution in [3.63, 3.8) is 0 Å². The van der Waals surface area contributed by atoms with E-state index < -0.39 is 5.79 Å². The Hall–Kier alpha value is -4.92. The second-order valence-electron chi connectivity index (χ2n) is 5.43. The van der Waals surface area contributed by atoms with E-state index >= 15 is 0 Å². The summed E-state index contributed by atoms with van der Waals surface area (Å²) in [6, 6.07) is 0. The maximum absolute atomic E-state index is 9.03. The van der Waals surface area contributed by atoms with Gasteiger partial charge >= 0.3 is 0 Å². The summed E-state index contributed by atoms with van der Waals surface area (Å²) >= 11 is 0. The summed E-state index contributed by atoms with van der Waals surface area (Å²) < 4.78 is 0. The Morgan fingerprint density at radius 3 is 1.20 bits per heavy atom. The highest BCUT2D eigenvalue weighted by atomic mass is 15.4. The van der Waals surface area contributed by atoms with Crippen LogP contribution >= 0.6 is 0 Å². The summed E-state index contributed by atoms with van der Waals surface area (Å²) in [6.07, 6.45) is 0. The predicted octanol–water partition coefficient (Wildman–Crippen LogP) is 6.78. The van der Waals surface area contributed by atoms with Gasteiger partial charge in [0.25, 0.3) is 0 Å². The summed E-state index contributed by atoms with van der Waals surface area (Å²) in [7, 11) is 0. The molecule has 0 unspecified atom stereocenters. The minimum absolute atomic E-state index is 0.0876. The van der Waals surface area contributed by atoms with E-state index in [-0.39, 0.29) is 36.3 Å². The molecule has 1 rings (SSSR count). The van der Waals surface area contributed by atoms with Gasteiger partial charge in [0.05, 0.1) is 19.6 Å². The third kappa shape index (κ3) is 4.67. The Kier molecular flexibility index (Phi) is 8.51. The molecule has 0 heterocycles. The van der Waals surface area contributed by atoms with E-state index in [9.17, 15) is 0 Å². The number of nitrogens with zero attached hydrogens (tertiary/aromatic N) is 18. The number of hydrogen-bond acceptors (Lipinski definition) is 6. The Balaban J connectivity index is 4.38. The monoisotopic (exact) mass is 408 g/mol. The minimum Gasteiger partial charge on any atom is -0.0893 e. The lowest BCUT2D eigenvalue weighted by atomic mass is 9.84. The molecule has 30 heavy (non-hydrogen) atoms. The van der Waals surface area contributed by atoms with E-state index in [4.69, 9.17) is 33.2 Å². The van der Waals surface area contributed by atoms with Crippen molar-refractivity contribution >= 4 is 0 Å². The van der Waals surface area contributed by atoms with Crippen molar-refractivity contribution in [2.45, 2.75) is 39.3 Å². The lowest BCUT2D eigenvalue weighted by molar-refractivity contribution is 0.469. The average Bonchev–Trinajstić information content (AvgIpc) is 2.72. The SMILES string of the molecule is Cc1c(CN=[N+]=[N-])c(C)c(CN=[N+]=[N-])c(C(N=[N+]=[N-])(N=[N+]=[N-])N=[N+]=[N-])c1CN=[N+]=[N-]. The first-order valence-electron chi connectivity index (χ1n) is 7.83. The third-order valence-electron chi connectivity index (χ3n) is 4.18. The van der Waals surface area contributed by atoms with Gasteiger partial charge in [-0.3, -0.25) is 0 Å². The number of azide groups is 4. The summed E-state index contributed by atoms with van der Waals surface area (Å²) in [6.45, 7) is 2.46. The molecule has 0 aromatic heterocycles. The second-order valence-corrected chi connectivity index (χ2v) is 5.43. The van der Waals surface area contributed by atoms with Crippen LogP contribution in [-0.4, -0.2) is 0 Å². The van der Waals surface area contributed by atoms with E-state index in [1.807, 2.05) is 0 Å². The normalized spacial score (nSPS) is 11.0. The fourth-order valence-corrected chi connectivity index (χ4v) is 2.94. The maximum atomic E-state index is 9.03. The molecule has 1 aromatic rings. The van der Waals surface area contributed by atoms with Crippen LogP contribution in [0.15, 0.2) is 30.7 Å². The molecule has 0 saturated carbocycles. The molecule has 1 aromatic carbocycles. The van der Waals surface area contributed by atoms with Gasteiger partial charge in [0.1, 0.15) is 0 Å². The molecule has 0 amide bonds. The molecule has 0 aliphatic rings. The van der Waals surface area contributed by atoms with Crippen molar-refractivity contribution in [1.29, 1.82) is 0 Å². The average molecular weight is 408 g/mol. The molecular formula is C12H12N18. The largest absolute Gasteiger partial charge is 0.230 e. The molecule has 0 aliphatic heterocycles. The van der Waals surface area contributed by atoms with Gasteiger partial charge in [-0.1, -0.05) is 30.7 Å². The maximum Gasteiger partial charge on any atom is 0.230 e. The van der Waals surface area contributed by atoms with Gasteiger partial charge in [-0.05, 0) is 80.4 Å². The molecule has 0 spiro atoms. The zero-order valence-corrected chi connectivity index (χ0v) is 15.7. The van der Waals surface area contributed by atoms with E-state index in [1.54, 1.807) is 13.8 Å². The van der Waals surface area contributed by atoms with Gasteiger partial charge in [-0.25, -0.2) is 0 Å². The van der Waals surface area contributed by atoms with Gasteiger partial charge in [0, 0.05) is 29.5 Å². The Labute approximate surface area is 166 Å². The fraction of sp³-hybridized carbons (Fsp3) is 0.500. The first-order chi connectivity index (χ1) is 14.5. The van der Waals surface area contributed by atoms with Crippen LogP contribution < -0.4 is 0 Å². The van der Waals surface area contributed by atoms with Crippen LogP contribution in [0.2, 0.25) is 0 Å². The van der Waals surface area contributed by atoms with Gasteiger partial charge < -0.3 is 0 Å². The minimum atomic E-state index is -2.45. The van der Waals surface area contributed by atoms with Gasteiger partial charge in [0.2, 0.25) is 5.79 Å². The zero-order valence-electron chi connectivity index (χ0n) is 15.7. The predicted molar refractivity (Wildman–Crippen MR) is 104 cm³/mol. The summed E-state index contributed by atoms with van der Waals surface area (Å²) in [5.74, 6) is -2.45. The second kappa shape index (κ2) is 11.0.